The lowest BCUT2D eigenvalue weighted by atomic mass is 10.3. The Morgan fingerprint density at radius 1 is 0.864 bits per heavy atom. The Labute approximate surface area is 134 Å². The lowest BCUT2D eigenvalue weighted by Crippen LogP contribution is -2.25. The second-order valence-electron chi connectivity index (χ2n) is 5.16. The summed E-state index contributed by atoms with van der Waals surface area (Å²) >= 11 is 0. The van der Waals surface area contributed by atoms with E-state index in [1.165, 1.54) is 0 Å². The van der Waals surface area contributed by atoms with Gasteiger partial charge < -0.3 is 21.3 Å². The third-order valence-corrected chi connectivity index (χ3v) is 3.40. The monoisotopic (exact) mass is 309 g/mol. The van der Waals surface area contributed by atoms with Crippen LogP contribution in [0.3, 0.4) is 0 Å². The van der Waals surface area contributed by atoms with Crippen LogP contribution < -0.4 is 21.3 Å². The number of nitrogens with one attached hydrogen (secondary N) is 2. The molecule has 1 heterocycles. The van der Waals surface area contributed by atoms with Gasteiger partial charge in [0.15, 0.2) is 0 Å². The molecule has 4 N–H and O–H groups in total. The zero-order chi connectivity index (χ0) is 16.2. The number of unbranched alkanes of at least 4 members (excludes halogenated alkanes) is 2. The highest BCUT2D eigenvalue weighted by Crippen LogP contribution is 2.13. The van der Waals surface area contributed by atoms with E-state index < -0.39 is 0 Å². The lowest BCUT2D eigenvalue weighted by Gasteiger charge is -2.19. The first-order valence-corrected chi connectivity index (χ1v) is 8.43. The van der Waals surface area contributed by atoms with Crippen molar-refractivity contribution >= 4 is 17.8 Å². The number of aromatic nitrogens is 3. The zero-order valence-electron chi connectivity index (χ0n) is 14.2. The minimum absolute atomic E-state index is 0.632. The van der Waals surface area contributed by atoms with Crippen LogP contribution in [-0.2, 0) is 0 Å². The highest BCUT2D eigenvalue weighted by Gasteiger charge is 2.10. The molecule has 0 saturated heterocycles. The molecule has 0 atom stereocenters. The van der Waals surface area contributed by atoms with Gasteiger partial charge in [-0.15, -0.1) is 0 Å². The molecule has 0 radical (unpaired) electrons. The molecule has 0 aromatic carbocycles. The van der Waals surface area contributed by atoms with Gasteiger partial charge in [-0.05, 0) is 39.7 Å². The fourth-order valence-electron chi connectivity index (χ4n) is 2.02. The fraction of sp³-hybridized carbons (Fsp3) is 0.800. The van der Waals surface area contributed by atoms with Crippen molar-refractivity contribution < 1.29 is 0 Å². The molecule has 1 aromatic rings. The van der Waals surface area contributed by atoms with Gasteiger partial charge in [-0.1, -0.05) is 13.3 Å². The van der Waals surface area contributed by atoms with E-state index in [-0.39, 0.29) is 0 Å². The van der Waals surface area contributed by atoms with Gasteiger partial charge >= 0.3 is 0 Å². The summed E-state index contributed by atoms with van der Waals surface area (Å²) in [6, 6.07) is 0. The summed E-state index contributed by atoms with van der Waals surface area (Å²) in [5.41, 5.74) is 5.51. The third kappa shape index (κ3) is 6.43. The minimum atomic E-state index is 0.632. The molecule has 0 saturated carbocycles. The van der Waals surface area contributed by atoms with Gasteiger partial charge in [0, 0.05) is 26.2 Å². The molecule has 0 aliphatic rings. The van der Waals surface area contributed by atoms with Gasteiger partial charge in [-0.3, -0.25) is 0 Å². The number of hydrogen-bond acceptors (Lipinski definition) is 7. The largest absolute Gasteiger partial charge is 0.354 e. The Bertz CT molecular complexity index is 407. The van der Waals surface area contributed by atoms with Gasteiger partial charge in [-0.25, -0.2) is 0 Å². The molecule has 1 aromatic heterocycles. The van der Waals surface area contributed by atoms with Gasteiger partial charge in [-0.2, -0.15) is 15.0 Å². The van der Waals surface area contributed by atoms with Gasteiger partial charge in [0.2, 0.25) is 17.8 Å². The van der Waals surface area contributed by atoms with Gasteiger partial charge in [0.25, 0.3) is 0 Å². The highest BCUT2D eigenvalue weighted by molar-refractivity contribution is 5.43. The van der Waals surface area contributed by atoms with Crippen molar-refractivity contribution in [2.75, 3.05) is 48.3 Å². The Morgan fingerprint density at radius 2 is 1.45 bits per heavy atom. The average Bonchev–Trinajstić information content (AvgIpc) is 2.53. The molecule has 0 aliphatic heterocycles. The molecule has 7 heteroatoms. The third-order valence-electron chi connectivity index (χ3n) is 3.40. The lowest BCUT2D eigenvalue weighted by molar-refractivity contribution is 0.764. The van der Waals surface area contributed by atoms with Gasteiger partial charge in [0.05, 0.1) is 0 Å². The summed E-state index contributed by atoms with van der Waals surface area (Å²) in [6.07, 6.45) is 4.26. The maximum absolute atomic E-state index is 5.51. The predicted molar refractivity (Wildman–Crippen MR) is 93.6 cm³/mol. The summed E-state index contributed by atoms with van der Waals surface area (Å²) in [6.45, 7) is 10.5. The number of nitrogens with zero attached hydrogens (tertiary/aromatic N) is 4. The van der Waals surface area contributed by atoms with E-state index in [0.717, 1.165) is 57.8 Å². The SMILES string of the molecule is CCCCNc1nc(NCCCCN)nc(N(CC)CC)n1. The van der Waals surface area contributed by atoms with E-state index in [1.807, 2.05) is 0 Å². The maximum Gasteiger partial charge on any atom is 0.231 e. The number of rotatable bonds is 12. The number of hydrogen-bond donors (Lipinski definition) is 3. The topological polar surface area (TPSA) is 92.0 Å². The molecule has 7 nitrogen and oxygen atoms in total. The molecule has 1 rings (SSSR count). The molecule has 22 heavy (non-hydrogen) atoms. The first-order valence-electron chi connectivity index (χ1n) is 8.43. The van der Waals surface area contributed by atoms with Crippen LogP contribution in [0.1, 0.15) is 46.5 Å². The molecule has 0 spiro atoms. The Morgan fingerprint density at radius 3 is 1.95 bits per heavy atom. The van der Waals surface area contributed by atoms with E-state index in [9.17, 15) is 0 Å². The second-order valence-corrected chi connectivity index (χ2v) is 5.16. The summed E-state index contributed by atoms with van der Waals surface area (Å²) in [4.78, 5) is 15.6. The first kappa shape index (κ1) is 18.4. The highest BCUT2D eigenvalue weighted by atomic mass is 15.3. The minimum Gasteiger partial charge on any atom is -0.354 e. The zero-order valence-corrected chi connectivity index (χ0v) is 14.2. The van der Waals surface area contributed by atoms with Crippen LogP contribution in [0, 0.1) is 0 Å². The normalized spacial score (nSPS) is 10.5. The average molecular weight is 309 g/mol. The number of nitrogens with two attached hydrogens (primary N) is 1. The number of anilines is 3. The van der Waals surface area contributed by atoms with Crippen LogP contribution in [0.2, 0.25) is 0 Å². The van der Waals surface area contributed by atoms with Crippen LogP contribution in [0.15, 0.2) is 0 Å². The summed E-state index contributed by atoms with van der Waals surface area (Å²) in [7, 11) is 0. The van der Waals surface area contributed by atoms with Crippen molar-refractivity contribution in [2.45, 2.75) is 46.5 Å². The summed E-state index contributed by atoms with van der Waals surface area (Å²) in [5, 5.41) is 6.55. The van der Waals surface area contributed by atoms with E-state index in [2.05, 4.69) is 51.3 Å². The van der Waals surface area contributed by atoms with E-state index in [4.69, 9.17) is 5.73 Å². The van der Waals surface area contributed by atoms with Crippen molar-refractivity contribution in [3.8, 4) is 0 Å². The Kier molecular flexibility index (Phi) is 9.21. The molecule has 0 unspecified atom stereocenters. The molecule has 0 fully saturated rings. The van der Waals surface area contributed by atoms with Crippen LogP contribution >= 0.6 is 0 Å². The standard InChI is InChI=1S/C15H31N7/c1-4-7-11-17-13-19-14(18-12-9-8-10-16)21-15(20-13)22(5-2)6-3/h4-12,16H2,1-3H3,(H2,17,18,19,20,21). The molecule has 0 aliphatic carbocycles. The van der Waals surface area contributed by atoms with Crippen LogP contribution in [-0.4, -0.2) is 47.7 Å². The molecular weight excluding hydrogens is 278 g/mol. The predicted octanol–water partition coefficient (Wildman–Crippen LogP) is 2.08. The molecular formula is C15H31N7. The van der Waals surface area contributed by atoms with Crippen LogP contribution in [0.4, 0.5) is 17.8 Å². The summed E-state index contributed by atoms with van der Waals surface area (Å²) < 4.78 is 0. The van der Waals surface area contributed by atoms with Crippen LogP contribution in [0.5, 0.6) is 0 Å². The molecule has 126 valence electrons. The van der Waals surface area contributed by atoms with Crippen molar-refractivity contribution in [1.82, 2.24) is 15.0 Å². The molecule has 0 amide bonds. The quantitative estimate of drug-likeness (QED) is 0.509. The van der Waals surface area contributed by atoms with Crippen molar-refractivity contribution in [1.29, 1.82) is 0 Å². The Balaban J connectivity index is 2.79. The van der Waals surface area contributed by atoms with Crippen molar-refractivity contribution in [2.24, 2.45) is 5.73 Å². The van der Waals surface area contributed by atoms with E-state index in [0.29, 0.717) is 18.4 Å². The maximum atomic E-state index is 5.51. The summed E-state index contributed by atoms with van der Waals surface area (Å²) in [5.74, 6) is 2.00. The van der Waals surface area contributed by atoms with E-state index >= 15 is 0 Å². The van der Waals surface area contributed by atoms with Crippen LogP contribution in [0.25, 0.3) is 0 Å². The Hall–Kier alpha value is -1.63. The molecule has 0 bridgehead atoms. The smallest absolute Gasteiger partial charge is 0.231 e. The second kappa shape index (κ2) is 11.0. The first-order chi connectivity index (χ1) is 10.7. The van der Waals surface area contributed by atoms with Crippen molar-refractivity contribution in [3.63, 3.8) is 0 Å². The van der Waals surface area contributed by atoms with E-state index in [1.54, 1.807) is 0 Å². The fourth-order valence-corrected chi connectivity index (χ4v) is 2.02. The van der Waals surface area contributed by atoms with Crippen molar-refractivity contribution in [3.05, 3.63) is 0 Å². The van der Waals surface area contributed by atoms with Gasteiger partial charge in [0.1, 0.15) is 0 Å².